The van der Waals surface area contributed by atoms with Crippen LogP contribution in [0.1, 0.15) is 11.1 Å². The van der Waals surface area contributed by atoms with E-state index in [1.807, 2.05) is 12.1 Å². The van der Waals surface area contributed by atoms with E-state index < -0.39 is 11.7 Å². The third-order valence-corrected chi connectivity index (χ3v) is 3.37. The number of methoxy groups -OCH3 is 1. The molecule has 5 nitrogen and oxygen atoms in total. The molecule has 0 unspecified atom stereocenters. The maximum absolute atomic E-state index is 12.4. The largest absolute Gasteiger partial charge is 0.497 e. The molecule has 0 aliphatic carbocycles. The molecule has 1 amide bonds. The van der Waals surface area contributed by atoms with Gasteiger partial charge in [0, 0.05) is 19.3 Å². The molecule has 0 aliphatic heterocycles. The molecular weight excluding hydrogens is 335 g/mol. The first-order chi connectivity index (χ1) is 11.9. The van der Waals surface area contributed by atoms with Crippen LogP contribution in [0.3, 0.4) is 0 Å². The monoisotopic (exact) mass is 353 g/mol. The topological polar surface area (TPSA) is 63.2 Å². The van der Waals surface area contributed by atoms with Crippen LogP contribution in [-0.2, 0) is 17.4 Å². The van der Waals surface area contributed by atoms with E-state index in [9.17, 15) is 18.0 Å². The number of amides is 1. The molecule has 1 heterocycles. The van der Waals surface area contributed by atoms with Gasteiger partial charge in [0.1, 0.15) is 11.6 Å². The highest BCUT2D eigenvalue weighted by molar-refractivity contribution is 5.78. The van der Waals surface area contributed by atoms with Crippen molar-refractivity contribution in [3.8, 4) is 5.75 Å². The highest BCUT2D eigenvalue weighted by Crippen LogP contribution is 2.28. The fourth-order valence-corrected chi connectivity index (χ4v) is 2.05. The molecule has 2 N–H and O–H groups in total. The lowest BCUT2D eigenvalue weighted by Gasteiger charge is -2.09. The zero-order chi connectivity index (χ0) is 18.3. The van der Waals surface area contributed by atoms with Crippen molar-refractivity contribution in [1.29, 1.82) is 0 Å². The molecule has 0 saturated heterocycles. The van der Waals surface area contributed by atoms with Crippen molar-refractivity contribution in [1.82, 2.24) is 10.3 Å². The van der Waals surface area contributed by atoms with Crippen LogP contribution >= 0.6 is 0 Å². The predicted molar refractivity (Wildman–Crippen MR) is 87.4 cm³/mol. The van der Waals surface area contributed by atoms with Gasteiger partial charge in [-0.05, 0) is 29.8 Å². The summed E-state index contributed by atoms with van der Waals surface area (Å²) in [5.74, 6) is 0.891. The van der Waals surface area contributed by atoms with Crippen LogP contribution in [-0.4, -0.2) is 31.1 Å². The molecule has 1 aromatic heterocycles. The Bertz CT molecular complexity index is 686. The lowest BCUT2D eigenvalue weighted by atomic mass is 10.1. The van der Waals surface area contributed by atoms with Gasteiger partial charge in [-0.2, -0.15) is 13.2 Å². The summed E-state index contributed by atoms with van der Waals surface area (Å²) in [5, 5.41) is 5.57. The van der Waals surface area contributed by atoms with Crippen LogP contribution in [0, 0.1) is 0 Å². The van der Waals surface area contributed by atoms with E-state index in [1.54, 1.807) is 19.2 Å². The number of hydrogen-bond acceptors (Lipinski definition) is 4. The molecule has 1 aromatic carbocycles. The van der Waals surface area contributed by atoms with Gasteiger partial charge in [-0.1, -0.05) is 12.1 Å². The zero-order valence-corrected chi connectivity index (χ0v) is 13.6. The van der Waals surface area contributed by atoms with Crippen LogP contribution in [0.15, 0.2) is 42.6 Å². The number of halogens is 3. The fourth-order valence-electron chi connectivity index (χ4n) is 2.05. The summed E-state index contributed by atoms with van der Waals surface area (Å²) < 4.78 is 42.3. The van der Waals surface area contributed by atoms with Crippen LogP contribution < -0.4 is 15.4 Å². The molecule has 2 aromatic rings. The molecule has 25 heavy (non-hydrogen) atoms. The van der Waals surface area contributed by atoms with Crippen LogP contribution in [0.2, 0.25) is 0 Å². The van der Waals surface area contributed by atoms with Gasteiger partial charge in [0.05, 0.1) is 19.1 Å². The number of aromatic nitrogens is 1. The summed E-state index contributed by atoms with van der Waals surface area (Å²) >= 11 is 0. The Labute approximate surface area is 143 Å². The number of carbonyl (C=O) groups is 1. The van der Waals surface area contributed by atoms with E-state index in [2.05, 4.69) is 15.6 Å². The Morgan fingerprint density at radius 2 is 1.84 bits per heavy atom. The Kier molecular flexibility index (Phi) is 6.21. The van der Waals surface area contributed by atoms with Crippen molar-refractivity contribution in [2.75, 3.05) is 25.5 Å². The third kappa shape index (κ3) is 5.98. The molecule has 0 bridgehead atoms. The minimum absolute atomic E-state index is 0.146. The van der Waals surface area contributed by atoms with E-state index in [4.69, 9.17) is 4.74 Å². The van der Waals surface area contributed by atoms with E-state index in [0.29, 0.717) is 18.9 Å². The number of nitrogens with one attached hydrogen (secondary N) is 2. The molecule has 134 valence electrons. The van der Waals surface area contributed by atoms with Crippen molar-refractivity contribution in [2.24, 2.45) is 0 Å². The van der Waals surface area contributed by atoms with E-state index in [1.165, 1.54) is 6.07 Å². The average molecular weight is 353 g/mol. The number of alkyl halides is 3. The molecule has 0 radical (unpaired) electrons. The van der Waals surface area contributed by atoms with Crippen LogP contribution in [0.5, 0.6) is 5.75 Å². The first-order valence-electron chi connectivity index (χ1n) is 7.55. The maximum atomic E-state index is 12.4. The lowest BCUT2D eigenvalue weighted by molar-refractivity contribution is -0.137. The number of pyridine rings is 1. The molecular formula is C17H18F3N3O2. The fraction of sp³-hybridized carbons (Fsp3) is 0.294. The van der Waals surface area contributed by atoms with Gasteiger partial charge in [0.25, 0.3) is 0 Å². The molecule has 8 heteroatoms. The first kappa shape index (κ1) is 18.6. The van der Waals surface area contributed by atoms with Crippen molar-refractivity contribution >= 4 is 11.7 Å². The van der Waals surface area contributed by atoms with Crippen LogP contribution in [0.25, 0.3) is 0 Å². The van der Waals surface area contributed by atoms with E-state index in [-0.39, 0.29) is 12.3 Å². The number of carbonyl (C=O) groups excluding carboxylic acids is 1. The summed E-state index contributed by atoms with van der Waals surface area (Å²) in [7, 11) is 1.57. The normalized spacial score (nSPS) is 11.0. The molecule has 0 atom stereocenters. The van der Waals surface area contributed by atoms with Crippen LogP contribution in [0.4, 0.5) is 19.0 Å². The minimum Gasteiger partial charge on any atom is -0.497 e. The van der Waals surface area contributed by atoms with Crippen molar-refractivity contribution < 1.29 is 22.7 Å². The second kappa shape index (κ2) is 8.36. The lowest BCUT2D eigenvalue weighted by Crippen LogP contribution is -2.30. The molecule has 0 spiro atoms. The predicted octanol–water partition coefficient (Wildman–Crippen LogP) is 2.88. The number of rotatable bonds is 7. The second-order valence-corrected chi connectivity index (χ2v) is 5.23. The summed E-state index contributed by atoms with van der Waals surface area (Å²) in [6.45, 7) is 0.685. The standard InChI is InChI=1S/C17H18F3N3O2/c1-25-14-5-2-12(3-6-14)10-16(24)22-9-8-21-15-7-4-13(11-23-15)17(18,19)20/h2-7,11H,8-10H2,1H3,(H,21,23)(H,22,24). The van der Waals surface area contributed by atoms with Gasteiger partial charge in [-0.15, -0.1) is 0 Å². The average Bonchev–Trinajstić information content (AvgIpc) is 2.59. The highest BCUT2D eigenvalue weighted by atomic mass is 19.4. The van der Waals surface area contributed by atoms with Gasteiger partial charge >= 0.3 is 6.18 Å². The first-order valence-corrected chi connectivity index (χ1v) is 7.55. The van der Waals surface area contributed by atoms with Gasteiger partial charge < -0.3 is 15.4 Å². The smallest absolute Gasteiger partial charge is 0.417 e. The van der Waals surface area contributed by atoms with Gasteiger partial charge in [0.15, 0.2) is 0 Å². The number of anilines is 1. The number of benzene rings is 1. The Balaban J connectivity index is 1.70. The van der Waals surface area contributed by atoms with E-state index >= 15 is 0 Å². The Morgan fingerprint density at radius 3 is 2.40 bits per heavy atom. The molecule has 0 aliphatic rings. The summed E-state index contributed by atoms with van der Waals surface area (Å²) in [6, 6.07) is 9.38. The van der Waals surface area contributed by atoms with Gasteiger partial charge in [-0.3, -0.25) is 4.79 Å². The molecule has 0 fully saturated rings. The SMILES string of the molecule is COc1ccc(CC(=O)NCCNc2ccc(C(F)(F)F)cn2)cc1. The maximum Gasteiger partial charge on any atom is 0.417 e. The summed E-state index contributed by atoms with van der Waals surface area (Å²) in [4.78, 5) is 15.5. The van der Waals surface area contributed by atoms with Gasteiger partial charge in [0.2, 0.25) is 5.91 Å². The van der Waals surface area contributed by atoms with E-state index in [0.717, 1.165) is 23.6 Å². The Morgan fingerprint density at radius 1 is 1.12 bits per heavy atom. The number of ether oxygens (including phenoxy) is 1. The van der Waals surface area contributed by atoms with Crippen molar-refractivity contribution in [3.63, 3.8) is 0 Å². The summed E-state index contributed by atoms with van der Waals surface area (Å²) in [5.41, 5.74) is 0.0570. The zero-order valence-electron chi connectivity index (χ0n) is 13.6. The second-order valence-electron chi connectivity index (χ2n) is 5.23. The van der Waals surface area contributed by atoms with Gasteiger partial charge in [-0.25, -0.2) is 4.98 Å². The minimum atomic E-state index is -4.40. The highest BCUT2D eigenvalue weighted by Gasteiger charge is 2.30. The number of hydrogen-bond donors (Lipinski definition) is 2. The third-order valence-electron chi connectivity index (χ3n) is 3.37. The summed E-state index contributed by atoms with van der Waals surface area (Å²) in [6.07, 6.45) is -3.39. The Hall–Kier alpha value is -2.77. The quantitative estimate of drug-likeness (QED) is 0.752. The van der Waals surface area contributed by atoms with Crippen molar-refractivity contribution in [3.05, 3.63) is 53.7 Å². The number of nitrogens with zero attached hydrogens (tertiary/aromatic N) is 1. The van der Waals surface area contributed by atoms with Crippen molar-refractivity contribution in [2.45, 2.75) is 12.6 Å². The molecule has 0 saturated carbocycles. The molecule has 2 rings (SSSR count).